The van der Waals surface area contributed by atoms with Gasteiger partial charge in [0.2, 0.25) is 0 Å². The zero-order valence-electron chi connectivity index (χ0n) is 14.6. The van der Waals surface area contributed by atoms with E-state index in [0.717, 1.165) is 12.1 Å². The Bertz CT molecular complexity index is 972. The maximum atomic E-state index is 13.6. The molecule has 27 heavy (non-hydrogen) atoms. The molecule has 0 fully saturated rings. The van der Waals surface area contributed by atoms with Crippen LogP contribution in [0.4, 0.5) is 8.78 Å². The Morgan fingerprint density at radius 3 is 2.56 bits per heavy atom. The van der Waals surface area contributed by atoms with Gasteiger partial charge in [0.05, 0.1) is 26.3 Å². The molecule has 0 aliphatic heterocycles. The van der Waals surface area contributed by atoms with Gasteiger partial charge in [-0.2, -0.15) is 0 Å². The van der Waals surface area contributed by atoms with Gasteiger partial charge < -0.3 is 19.3 Å². The van der Waals surface area contributed by atoms with Crippen LogP contribution in [0.1, 0.15) is 16.1 Å². The Kier molecular flexibility index (Phi) is 5.35. The molecule has 140 valence electrons. The molecular weight excluding hydrogens is 358 g/mol. The summed E-state index contributed by atoms with van der Waals surface area (Å²) in [5, 5.41) is 6.39. The fraction of sp³-hybridized carbons (Fsp3) is 0.158. The zero-order valence-corrected chi connectivity index (χ0v) is 14.6. The number of halogens is 2. The van der Waals surface area contributed by atoms with Gasteiger partial charge in [-0.3, -0.25) is 4.79 Å². The smallest absolute Gasteiger partial charge is 0.254 e. The molecule has 1 aromatic heterocycles. The minimum atomic E-state index is -0.932. The van der Waals surface area contributed by atoms with Gasteiger partial charge in [0.15, 0.2) is 17.3 Å². The van der Waals surface area contributed by atoms with Crippen molar-refractivity contribution >= 4 is 5.91 Å². The molecule has 0 unspecified atom stereocenters. The number of hydrogen-bond acceptors (Lipinski definition) is 5. The van der Waals surface area contributed by atoms with E-state index in [2.05, 4.69) is 10.5 Å². The van der Waals surface area contributed by atoms with Gasteiger partial charge in [-0.25, -0.2) is 8.78 Å². The van der Waals surface area contributed by atoms with Crippen molar-refractivity contribution in [2.75, 3.05) is 14.2 Å². The van der Waals surface area contributed by atoms with E-state index in [1.165, 1.54) is 14.2 Å². The summed E-state index contributed by atoms with van der Waals surface area (Å²) in [4.78, 5) is 12.0. The molecule has 0 radical (unpaired) electrons. The largest absolute Gasteiger partial charge is 0.493 e. The number of hydrogen-bond donors (Lipinski definition) is 1. The number of nitrogens with zero attached hydrogens (tertiary/aromatic N) is 1. The molecule has 3 aromatic rings. The first-order valence-corrected chi connectivity index (χ1v) is 7.93. The molecule has 1 heterocycles. The average molecular weight is 374 g/mol. The summed E-state index contributed by atoms with van der Waals surface area (Å²) in [6.07, 6.45) is 0. The minimum absolute atomic E-state index is 0.0203. The number of nitrogens with one attached hydrogen (secondary N) is 1. The normalized spacial score (nSPS) is 10.5. The quantitative estimate of drug-likeness (QED) is 0.714. The monoisotopic (exact) mass is 374 g/mol. The Hall–Kier alpha value is -3.42. The molecule has 0 spiro atoms. The van der Waals surface area contributed by atoms with Crippen molar-refractivity contribution in [1.29, 1.82) is 0 Å². The third kappa shape index (κ3) is 4.05. The maximum absolute atomic E-state index is 13.6. The fourth-order valence-corrected chi connectivity index (χ4v) is 2.46. The predicted molar refractivity (Wildman–Crippen MR) is 92.6 cm³/mol. The number of rotatable bonds is 6. The summed E-state index contributed by atoms with van der Waals surface area (Å²) in [7, 11) is 3.06. The predicted octanol–water partition coefficient (Wildman–Crippen LogP) is 3.57. The fourth-order valence-electron chi connectivity index (χ4n) is 2.46. The average Bonchev–Trinajstić information content (AvgIpc) is 3.14. The highest BCUT2D eigenvalue weighted by atomic mass is 19.1. The first-order valence-electron chi connectivity index (χ1n) is 7.93. The molecule has 0 aliphatic rings. The molecule has 0 saturated carbocycles. The van der Waals surface area contributed by atoms with Gasteiger partial charge in [-0.15, -0.1) is 0 Å². The molecular formula is C19H16F2N2O4. The minimum Gasteiger partial charge on any atom is -0.493 e. The molecule has 8 heteroatoms. The Morgan fingerprint density at radius 1 is 1.07 bits per heavy atom. The van der Waals surface area contributed by atoms with Crippen molar-refractivity contribution in [3.05, 3.63) is 65.4 Å². The van der Waals surface area contributed by atoms with Crippen LogP contribution in [0.3, 0.4) is 0 Å². The molecule has 2 aromatic carbocycles. The number of carbonyl (C=O) groups is 1. The van der Waals surface area contributed by atoms with Crippen molar-refractivity contribution in [2.24, 2.45) is 0 Å². The van der Waals surface area contributed by atoms with Gasteiger partial charge in [-0.1, -0.05) is 5.16 Å². The number of benzene rings is 2. The lowest BCUT2D eigenvalue weighted by molar-refractivity contribution is 0.0946. The molecule has 6 nitrogen and oxygen atoms in total. The summed E-state index contributed by atoms with van der Waals surface area (Å²) < 4.78 is 42.3. The van der Waals surface area contributed by atoms with Gasteiger partial charge in [0, 0.05) is 17.7 Å². The van der Waals surface area contributed by atoms with Crippen molar-refractivity contribution in [3.8, 4) is 22.8 Å². The summed E-state index contributed by atoms with van der Waals surface area (Å²) >= 11 is 0. The zero-order chi connectivity index (χ0) is 19.4. The van der Waals surface area contributed by atoms with Gasteiger partial charge in [-0.05, 0) is 30.3 Å². The summed E-state index contributed by atoms with van der Waals surface area (Å²) in [6, 6.07) is 9.63. The van der Waals surface area contributed by atoms with Crippen LogP contribution in [-0.4, -0.2) is 25.3 Å². The maximum Gasteiger partial charge on any atom is 0.254 e. The SMILES string of the molecule is COc1ccc(-c2cc(CNC(=O)c3ccc(F)cc3F)no2)cc1OC. The van der Waals surface area contributed by atoms with Crippen LogP contribution in [0.5, 0.6) is 11.5 Å². The Labute approximate surface area is 153 Å². The van der Waals surface area contributed by atoms with Crippen LogP contribution in [0.15, 0.2) is 47.0 Å². The summed E-state index contributed by atoms with van der Waals surface area (Å²) in [6.45, 7) is 0.0203. The van der Waals surface area contributed by atoms with Crippen LogP contribution in [0, 0.1) is 11.6 Å². The number of amides is 1. The van der Waals surface area contributed by atoms with Crippen LogP contribution in [0.2, 0.25) is 0 Å². The topological polar surface area (TPSA) is 73.6 Å². The first kappa shape index (κ1) is 18.4. The van der Waals surface area contributed by atoms with Crippen LogP contribution in [-0.2, 0) is 6.54 Å². The van der Waals surface area contributed by atoms with E-state index in [0.29, 0.717) is 34.6 Å². The van der Waals surface area contributed by atoms with Crippen molar-refractivity contribution < 1.29 is 27.6 Å². The second kappa shape index (κ2) is 7.86. The van der Waals surface area contributed by atoms with E-state index in [-0.39, 0.29) is 12.1 Å². The van der Waals surface area contributed by atoms with Crippen LogP contribution in [0.25, 0.3) is 11.3 Å². The van der Waals surface area contributed by atoms with Gasteiger partial charge >= 0.3 is 0 Å². The first-order chi connectivity index (χ1) is 13.0. The van der Waals surface area contributed by atoms with Crippen LogP contribution < -0.4 is 14.8 Å². The van der Waals surface area contributed by atoms with Crippen molar-refractivity contribution in [1.82, 2.24) is 10.5 Å². The number of methoxy groups -OCH3 is 2. The van der Waals surface area contributed by atoms with E-state index >= 15 is 0 Å². The van der Waals surface area contributed by atoms with E-state index in [4.69, 9.17) is 14.0 Å². The molecule has 1 amide bonds. The molecule has 0 aliphatic carbocycles. The van der Waals surface area contributed by atoms with Crippen LogP contribution >= 0.6 is 0 Å². The van der Waals surface area contributed by atoms with Gasteiger partial charge in [0.1, 0.15) is 17.3 Å². The third-order valence-electron chi connectivity index (χ3n) is 3.83. The Balaban J connectivity index is 1.70. The molecule has 3 rings (SSSR count). The molecule has 1 N–H and O–H groups in total. The number of aromatic nitrogens is 1. The van der Waals surface area contributed by atoms with Gasteiger partial charge in [0.25, 0.3) is 5.91 Å². The lowest BCUT2D eigenvalue weighted by Gasteiger charge is -2.07. The van der Waals surface area contributed by atoms with E-state index in [1.807, 2.05) is 0 Å². The molecule has 0 saturated heterocycles. The molecule has 0 bridgehead atoms. The third-order valence-corrected chi connectivity index (χ3v) is 3.83. The second-order valence-corrected chi connectivity index (χ2v) is 5.56. The lowest BCUT2D eigenvalue weighted by Crippen LogP contribution is -2.24. The van der Waals surface area contributed by atoms with E-state index in [9.17, 15) is 13.6 Å². The highest BCUT2D eigenvalue weighted by molar-refractivity contribution is 5.94. The van der Waals surface area contributed by atoms with E-state index in [1.54, 1.807) is 24.3 Å². The highest BCUT2D eigenvalue weighted by Crippen LogP contribution is 2.32. The standard InChI is InChI=1S/C19H16F2N2O4/c1-25-16-6-3-11(7-18(16)26-2)17-9-13(23-27-17)10-22-19(24)14-5-4-12(20)8-15(14)21/h3-9H,10H2,1-2H3,(H,22,24). The summed E-state index contributed by atoms with van der Waals surface area (Å²) in [5.74, 6) is -0.780. The number of carbonyl (C=O) groups excluding carboxylic acids is 1. The van der Waals surface area contributed by atoms with Crippen molar-refractivity contribution in [3.63, 3.8) is 0 Å². The second-order valence-electron chi connectivity index (χ2n) is 5.56. The number of ether oxygens (including phenoxy) is 2. The highest BCUT2D eigenvalue weighted by Gasteiger charge is 2.14. The summed E-state index contributed by atoms with van der Waals surface area (Å²) in [5.41, 5.74) is 0.901. The van der Waals surface area contributed by atoms with E-state index < -0.39 is 17.5 Å². The molecule has 0 atom stereocenters. The van der Waals surface area contributed by atoms with Crippen molar-refractivity contribution in [2.45, 2.75) is 6.54 Å². The lowest BCUT2D eigenvalue weighted by atomic mass is 10.1. The Morgan fingerprint density at radius 2 is 1.85 bits per heavy atom.